The molecule has 0 aliphatic rings. The predicted molar refractivity (Wildman–Crippen MR) is 65.6 cm³/mol. The van der Waals surface area contributed by atoms with Crippen LogP contribution >= 0.6 is 22.9 Å². The summed E-state index contributed by atoms with van der Waals surface area (Å²) in [6, 6.07) is 5.98. The van der Waals surface area contributed by atoms with E-state index in [1.165, 1.54) is 5.56 Å². The van der Waals surface area contributed by atoms with Crippen molar-refractivity contribution in [3.8, 4) is 0 Å². The molecule has 0 saturated heterocycles. The fourth-order valence-electron chi connectivity index (χ4n) is 1.27. The quantitative estimate of drug-likeness (QED) is 0.882. The van der Waals surface area contributed by atoms with Crippen molar-refractivity contribution >= 4 is 28.6 Å². The van der Waals surface area contributed by atoms with E-state index < -0.39 is 0 Å². The van der Waals surface area contributed by atoms with Crippen molar-refractivity contribution in [1.82, 2.24) is 4.98 Å². The van der Waals surface area contributed by atoms with Crippen LogP contribution in [0.5, 0.6) is 0 Å². The van der Waals surface area contributed by atoms with Crippen LogP contribution in [0, 0.1) is 6.92 Å². The number of hydrogen-bond donors (Lipinski definition) is 1. The number of benzene rings is 1. The summed E-state index contributed by atoms with van der Waals surface area (Å²) in [6.45, 7) is 2.75. The van der Waals surface area contributed by atoms with Gasteiger partial charge in [0.25, 0.3) is 0 Å². The van der Waals surface area contributed by atoms with E-state index in [-0.39, 0.29) is 0 Å². The highest BCUT2D eigenvalue weighted by atomic mass is 35.5. The lowest BCUT2D eigenvalue weighted by molar-refractivity contribution is 1.10. The second-order valence-electron chi connectivity index (χ2n) is 3.26. The maximum atomic E-state index is 6.09. The first-order valence-electron chi connectivity index (χ1n) is 4.64. The van der Waals surface area contributed by atoms with Gasteiger partial charge in [0.1, 0.15) is 5.01 Å². The lowest BCUT2D eigenvalue weighted by atomic mass is 10.2. The van der Waals surface area contributed by atoms with Crippen LogP contribution < -0.4 is 5.32 Å². The van der Waals surface area contributed by atoms with Gasteiger partial charge in [-0.25, -0.2) is 4.98 Å². The Kier molecular flexibility index (Phi) is 3.23. The molecule has 0 atom stereocenters. The molecule has 2 nitrogen and oxygen atoms in total. The van der Waals surface area contributed by atoms with Gasteiger partial charge in [-0.3, -0.25) is 0 Å². The molecule has 1 N–H and O–H groups in total. The monoisotopic (exact) mass is 238 g/mol. The molecule has 0 aliphatic heterocycles. The standard InChI is InChI=1S/C11H11ClN2S/c1-8-2-3-10(9(12)6-8)14-7-11-13-4-5-15-11/h2-6,14H,7H2,1H3. The number of halogens is 1. The molecule has 0 aliphatic carbocycles. The summed E-state index contributed by atoms with van der Waals surface area (Å²) in [5, 5.41) is 7.04. The van der Waals surface area contributed by atoms with Gasteiger partial charge in [0, 0.05) is 11.6 Å². The minimum absolute atomic E-state index is 0.723. The third kappa shape index (κ3) is 2.70. The number of thiazole rings is 1. The Labute approximate surface area is 97.9 Å². The lowest BCUT2D eigenvalue weighted by Crippen LogP contribution is -1.99. The van der Waals surface area contributed by atoms with E-state index in [0.29, 0.717) is 0 Å². The van der Waals surface area contributed by atoms with Gasteiger partial charge < -0.3 is 5.32 Å². The fourth-order valence-corrected chi connectivity index (χ4v) is 2.13. The van der Waals surface area contributed by atoms with Crippen LogP contribution in [0.25, 0.3) is 0 Å². The van der Waals surface area contributed by atoms with Crippen molar-refractivity contribution in [3.05, 3.63) is 45.4 Å². The second kappa shape index (κ2) is 4.64. The summed E-state index contributed by atoms with van der Waals surface area (Å²) in [5.41, 5.74) is 2.12. The van der Waals surface area contributed by atoms with Crippen LogP contribution in [0.3, 0.4) is 0 Å². The van der Waals surface area contributed by atoms with E-state index in [2.05, 4.69) is 10.3 Å². The van der Waals surface area contributed by atoms with Crippen molar-refractivity contribution in [2.45, 2.75) is 13.5 Å². The van der Waals surface area contributed by atoms with Gasteiger partial charge >= 0.3 is 0 Å². The van der Waals surface area contributed by atoms with Crippen molar-refractivity contribution in [2.75, 3.05) is 5.32 Å². The number of rotatable bonds is 3. The summed E-state index contributed by atoms with van der Waals surface area (Å²) < 4.78 is 0. The first-order chi connectivity index (χ1) is 7.25. The smallest absolute Gasteiger partial charge is 0.112 e. The zero-order valence-corrected chi connectivity index (χ0v) is 9.90. The number of nitrogens with zero attached hydrogens (tertiary/aromatic N) is 1. The molecule has 0 unspecified atom stereocenters. The van der Waals surface area contributed by atoms with Crippen LogP contribution in [-0.4, -0.2) is 4.98 Å². The maximum absolute atomic E-state index is 6.09. The first-order valence-corrected chi connectivity index (χ1v) is 5.90. The molecule has 1 heterocycles. The van der Waals surface area contributed by atoms with Crippen LogP contribution in [0.4, 0.5) is 5.69 Å². The van der Waals surface area contributed by atoms with E-state index in [4.69, 9.17) is 11.6 Å². The van der Waals surface area contributed by atoms with Crippen molar-refractivity contribution in [1.29, 1.82) is 0 Å². The largest absolute Gasteiger partial charge is 0.377 e. The van der Waals surface area contributed by atoms with E-state index >= 15 is 0 Å². The van der Waals surface area contributed by atoms with Crippen LogP contribution in [0.15, 0.2) is 29.8 Å². The highest BCUT2D eigenvalue weighted by molar-refractivity contribution is 7.09. The Morgan fingerprint density at radius 2 is 2.33 bits per heavy atom. The summed E-state index contributed by atoms with van der Waals surface area (Å²) in [5.74, 6) is 0. The first kappa shape index (κ1) is 10.5. The molecular weight excluding hydrogens is 228 g/mol. The van der Waals surface area contributed by atoms with Crippen LogP contribution in [0.1, 0.15) is 10.6 Å². The number of hydrogen-bond acceptors (Lipinski definition) is 3. The summed E-state index contributed by atoms with van der Waals surface area (Å²) in [4.78, 5) is 4.19. The van der Waals surface area contributed by atoms with Crippen molar-refractivity contribution in [3.63, 3.8) is 0 Å². The molecule has 0 bridgehead atoms. The average molecular weight is 239 g/mol. The zero-order valence-electron chi connectivity index (χ0n) is 8.33. The van der Waals surface area contributed by atoms with Gasteiger partial charge in [-0.05, 0) is 24.6 Å². The Morgan fingerprint density at radius 3 is 3.00 bits per heavy atom. The van der Waals surface area contributed by atoms with Crippen molar-refractivity contribution < 1.29 is 0 Å². The number of anilines is 1. The van der Waals surface area contributed by atoms with E-state index in [9.17, 15) is 0 Å². The number of nitrogens with one attached hydrogen (secondary N) is 1. The van der Waals surface area contributed by atoms with Gasteiger partial charge in [-0.1, -0.05) is 17.7 Å². The van der Waals surface area contributed by atoms with Crippen LogP contribution in [-0.2, 0) is 6.54 Å². The molecule has 1 aromatic heterocycles. The summed E-state index contributed by atoms with van der Waals surface area (Å²) in [6.07, 6.45) is 1.80. The molecule has 15 heavy (non-hydrogen) atoms. The Bertz CT molecular complexity index is 440. The fraction of sp³-hybridized carbons (Fsp3) is 0.182. The molecule has 0 amide bonds. The molecule has 2 rings (SSSR count). The molecule has 0 saturated carbocycles. The molecule has 0 fully saturated rings. The summed E-state index contributed by atoms with van der Waals surface area (Å²) >= 11 is 7.72. The van der Waals surface area contributed by atoms with E-state index in [0.717, 1.165) is 22.3 Å². The van der Waals surface area contributed by atoms with Gasteiger partial charge in [-0.15, -0.1) is 11.3 Å². The number of aryl methyl sites for hydroxylation is 1. The topological polar surface area (TPSA) is 24.9 Å². The molecule has 4 heteroatoms. The zero-order chi connectivity index (χ0) is 10.7. The SMILES string of the molecule is Cc1ccc(NCc2nccs2)c(Cl)c1. The van der Waals surface area contributed by atoms with Gasteiger partial charge in [0.2, 0.25) is 0 Å². The van der Waals surface area contributed by atoms with E-state index in [1.54, 1.807) is 17.5 Å². The van der Waals surface area contributed by atoms with Gasteiger partial charge in [-0.2, -0.15) is 0 Å². The Hall–Kier alpha value is -1.06. The lowest BCUT2D eigenvalue weighted by Gasteiger charge is -2.06. The molecule has 78 valence electrons. The number of aromatic nitrogens is 1. The third-order valence-electron chi connectivity index (χ3n) is 2.04. The molecule has 2 aromatic rings. The highest BCUT2D eigenvalue weighted by Crippen LogP contribution is 2.23. The Morgan fingerprint density at radius 1 is 1.47 bits per heavy atom. The van der Waals surface area contributed by atoms with Crippen LogP contribution in [0.2, 0.25) is 5.02 Å². The average Bonchev–Trinajstić information content (AvgIpc) is 2.69. The van der Waals surface area contributed by atoms with Crippen molar-refractivity contribution in [2.24, 2.45) is 0 Å². The third-order valence-corrected chi connectivity index (χ3v) is 3.13. The minimum atomic E-state index is 0.723. The maximum Gasteiger partial charge on any atom is 0.112 e. The normalized spacial score (nSPS) is 10.3. The minimum Gasteiger partial charge on any atom is -0.377 e. The van der Waals surface area contributed by atoms with E-state index in [1.807, 2.05) is 30.5 Å². The molecule has 0 spiro atoms. The van der Waals surface area contributed by atoms with Gasteiger partial charge in [0.05, 0.1) is 17.3 Å². The summed E-state index contributed by atoms with van der Waals surface area (Å²) in [7, 11) is 0. The molecule has 1 aromatic carbocycles. The second-order valence-corrected chi connectivity index (χ2v) is 4.65. The predicted octanol–water partition coefficient (Wildman–Crippen LogP) is 3.72. The molecule has 0 radical (unpaired) electrons. The highest BCUT2D eigenvalue weighted by Gasteiger charge is 2.00. The van der Waals surface area contributed by atoms with Gasteiger partial charge in [0.15, 0.2) is 0 Å². The molecular formula is C11H11ClN2S. The Balaban J connectivity index is 2.05.